The summed E-state index contributed by atoms with van der Waals surface area (Å²) in [6, 6.07) is 7.78. The largest absolute Gasteiger partial charge is 0.486 e. The van der Waals surface area contributed by atoms with E-state index in [4.69, 9.17) is 14.2 Å². The number of benzene rings is 1. The molecule has 3 aliphatic rings. The molecule has 4 heterocycles. The maximum absolute atomic E-state index is 11.9. The molecule has 2 saturated heterocycles. The quantitative estimate of drug-likeness (QED) is 0.759. The number of carbonyl (C=O) groups excluding carboxylic acids is 1. The third-order valence-electron chi connectivity index (χ3n) is 5.17. The van der Waals surface area contributed by atoms with Crippen molar-refractivity contribution in [2.75, 3.05) is 62.3 Å². The molecule has 2 fully saturated rings. The number of amides is 1. The monoisotopic (exact) mass is 403 g/mol. The highest BCUT2D eigenvalue weighted by atomic mass is 32.1. The van der Waals surface area contributed by atoms with Gasteiger partial charge >= 0.3 is 6.09 Å². The first-order valence-corrected chi connectivity index (χ1v) is 10.1. The van der Waals surface area contributed by atoms with Crippen LogP contribution >= 0.6 is 11.7 Å². The number of piperazine rings is 1. The highest BCUT2D eigenvalue weighted by Gasteiger charge is 2.32. The average Bonchev–Trinajstić information content (AvgIpc) is 3.37. The van der Waals surface area contributed by atoms with E-state index in [-0.39, 0.29) is 12.2 Å². The zero-order valence-electron chi connectivity index (χ0n) is 15.3. The minimum atomic E-state index is -0.345. The van der Waals surface area contributed by atoms with Crippen LogP contribution in [0.3, 0.4) is 0 Å². The normalized spacial score (nSPS) is 22.4. The highest BCUT2D eigenvalue weighted by molar-refractivity contribution is 6.99. The van der Waals surface area contributed by atoms with E-state index in [2.05, 4.69) is 18.5 Å². The molecule has 2 aromatic rings. The molecule has 148 valence electrons. The molecule has 0 saturated carbocycles. The fraction of sp³-hybridized carbons (Fsp3) is 0.500. The second-order valence-electron chi connectivity index (χ2n) is 6.96. The number of anilines is 2. The molecule has 0 radical (unpaired) electrons. The first-order chi connectivity index (χ1) is 13.8. The molecule has 28 heavy (non-hydrogen) atoms. The number of rotatable bonds is 4. The van der Waals surface area contributed by atoms with E-state index in [0.29, 0.717) is 25.6 Å². The van der Waals surface area contributed by atoms with Crippen molar-refractivity contribution in [2.45, 2.75) is 6.10 Å². The van der Waals surface area contributed by atoms with E-state index in [9.17, 15) is 4.79 Å². The minimum absolute atomic E-state index is 0.0253. The Bertz CT molecular complexity index is 854. The third-order valence-corrected chi connectivity index (χ3v) is 5.68. The van der Waals surface area contributed by atoms with Crippen LogP contribution in [0, 0.1) is 0 Å². The van der Waals surface area contributed by atoms with Gasteiger partial charge in [0, 0.05) is 32.7 Å². The number of cyclic esters (lactones) is 1. The van der Waals surface area contributed by atoms with Crippen LogP contribution in [0.1, 0.15) is 0 Å². The lowest BCUT2D eigenvalue weighted by atomic mass is 10.2. The molecular weight excluding hydrogens is 382 g/mol. The molecule has 1 aromatic carbocycles. The van der Waals surface area contributed by atoms with Crippen molar-refractivity contribution in [3.8, 4) is 11.5 Å². The van der Waals surface area contributed by atoms with Gasteiger partial charge < -0.3 is 19.1 Å². The van der Waals surface area contributed by atoms with Gasteiger partial charge in [0.1, 0.15) is 19.3 Å². The first kappa shape index (κ1) is 17.5. The minimum Gasteiger partial charge on any atom is -0.486 e. The van der Waals surface area contributed by atoms with Gasteiger partial charge in [-0.2, -0.15) is 8.75 Å². The lowest BCUT2D eigenvalue weighted by molar-refractivity contribution is 0.0571. The molecule has 9 nitrogen and oxygen atoms in total. The van der Waals surface area contributed by atoms with E-state index in [1.165, 1.54) is 0 Å². The van der Waals surface area contributed by atoms with Gasteiger partial charge in [0.05, 0.1) is 18.3 Å². The average molecular weight is 403 g/mol. The molecule has 3 aliphatic heterocycles. The van der Waals surface area contributed by atoms with Crippen molar-refractivity contribution < 1.29 is 19.0 Å². The molecular formula is C18H21N5O4S. The summed E-state index contributed by atoms with van der Waals surface area (Å²) in [6.07, 6.45) is -0.320. The third kappa shape index (κ3) is 3.33. The smallest absolute Gasteiger partial charge is 0.415 e. The van der Waals surface area contributed by atoms with Crippen LogP contribution in [0.25, 0.3) is 0 Å². The molecule has 1 amide bonds. The summed E-state index contributed by atoms with van der Waals surface area (Å²) >= 11 is 1.13. The number of para-hydroxylation sites is 2. The summed E-state index contributed by atoms with van der Waals surface area (Å²) in [4.78, 5) is 18.0. The maximum Gasteiger partial charge on any atom is 0.415 e. The van der Waals surface area contributed by atoms with Crippen LogP contribution in [-0.4, -0.2) is 78.3 Å². The number of ether oxygens (including phenoxy) is 3. The predicted octanol–water partition coefficient (Wildman–Crippen LogP) is 1.46. The standard InChI is InChI=1S/C18H21N5O4S/c24-18-23(9-10-25-18)17-16(19-28-20-17)22-7-5-21(6-8-22)11-13-12-26-14-3-1-2-4-15(14)27-13/h1-4,13H,5-12H2. The van der Waals surface area contributed by atoms with E-state index in [1.807, 2.05) is 24.3 Å². The Morgan fingerprint density at radius 2 is 1.79 bits per heavy atom. The van der Waals surface area contributed by atoms with Crippen molar-refractivity contribution in [1.29, 1.82) is 0 Å². The van der Waals surface area contributed by atoms with Gasteiger partial charge in [0.25, 0.3) is 0 Å². The van der Waals surface area contributed by atoms with Crippen LogP contribution in [0.15, 0.2) is 24.3 Å². The first-order valence-electron chi connectivity index (χ1n) is 9.40. The zero-order chi connectivity index (χ0) is 18.9. The number of aromatic nitrogens is 2. The van der Waals surface area contributed by atoms with Gasteiger partial charge in [-0.25, -0.2) is 4.79 Å². The molecule has 10 heteroatoms. The lowest BCUT2D eigenvalue weighted by Gasteiger charge is -2.37. The Balaban J connectivity index is 1.18. The summed E-state index contributed by atoms with van der Waals surface area (Å²) in [6.45, 7) is 5.74. The van der Waals surface area contributed by atoms with Crippen LogP contribution in [0.5, 0.6) is 11.5 Å². The van der Waals surface area contributed by atoms with Crippen LogP contribution in [-0.2, 0) is 4.74 Å². The van der Waals surface area contributed by atoms with Gasteiger partial charge in [-0.05, 0) is 12.1 Å². The fourth-order valence-electron chi connectivity index (χ4n) is 3.72. The van der Waals surface area contributed by atoms with Crippen molar-refractivity contribution in [1.82, 2.24) is 13.6 Å². The van der Waals surface area contributed by atoms with E-state index in [0.717, 1.165) is 61.8 Å². The van der Waals surface area contributed by atoms with Gasteiger partial charge in [0.15, 0.2) is 23.1 Å². The summed E-state index contributed by atoms with van der Waals surface area (Å²) in [5.74, 6) is 3.01. The number of fused-ring (bicyclic) bond motifs is 1. The van der Waals surface area contributed by atoms with Crippen LogP contribution in [0.4, 0.5) is 16.4 Å². The topological polar surface area (TPSA) is 80.3 Å². The van der Waals surface area contributed by atoms with E-state index >= 15 is 0 Å². The Morgan fingerprint density at radius 1 is 1.00 bits per heavy atom. The molecule has 1 aromatic heterocycles. The van der Waals surface area contributed by atoms with E-state index in [1.54, 1.807) is 4.90 Å². The molecule has 0 spiro atoms. The van der Waals surface area contributed by atoms with Crippen LogP contribution in [0.2, 0.25) is 0 Å². The summed E-state index contributed by atoms with van der Waals surface area (Å²) in [7, 11) is 0. The number of carbonyl (C=O) groups is 1. The SMILES string of the molecule is O=C1OCCN1c1nsnc1N1CCN(CC2COc3ccccc3O2)CC1. The predicted molar refractivity (Wildman–Crippen MR) is 104 cm³/mol. The number of hydrogen-bond donors (Lipinski definition) is 0. The maximum atomic E-state index is 11.9. The molecule has 0 N–H and O–H groups in total. The number of nitrogens with zero attached hydrogens (tertiary/aromatic N) is 5. The van der Waals surface area contributed by atoms with Crippen molar-refractivity contribution >= 4 is 29.5 Å². The van der Waals surface area contributed by atoms with Gasteiger partial charge in [-0.15, -0.1) is 0 Å². The lowest BCUT2D eigenvalue weighted by Crippen LogP contribution is -2.51. The van der Waals surface area contributed by atoms with E-state index < -0.39 is 0 Å². The fourth-order valence-corrected chi connectivity index (χ4v) is 4.29. The zero-order valence-corrected chi connectivity index (χ0v) is 16.1. The number of hydrogen-bond acceptors (Lipinski definition) is 9. The Kier molecular flexibility index (Phi) is 4.65. The van der Waals surface area contributed by atoms with Crippen molar-refractivity contribution in [3.05, 3.63) is 24.3 Å². The molecule has 1 unspecified atom stereocenters. The van der Waals surface area contributed by atoms with Gasteiger partial charge in [0.2, 0.25) is 0 Å². The summed E-state index contributed by atoms with van der Waals surface area (Å²) in [5.41, 5.74) is 0. The molecule has 0 bridgehead atoms. The summed E-state index contributed by atoms with van der Waals surface area (Å²) in [5, 5.41) is 0. The Morgan fingerprint density at radius 3 is 2.57 bits per heavy atom. The second kappa shape index (κ2) is 7.44. The Hall–Kier alpha value is -2.59. The van der Waals surface area contributed by atoms with Crippen molar-refractivity contribution in [2.24, 2.45) is 0 Å². The molecule has 0 aliphatic carbocycles. The molecule has 5 rings (SSSR count). The van der Waals surface area contributed by atoms with Crippen molar-refractivity contribution in [3.63, 3.8) is 0 Å². The summed E-state index contributed by atoms with van der Waals surface area (Å²) < 4.78 is 25.7. The Labute approximate surface area is 166 Å². The molecule has 1 atom stereocenters. The second-order valence-corrected chi connectivity index (χ2v) is 7.49. The highest BCUT2D eigenvalue weighted by Crippen LogP contribution is 2.32. The van der Waals surface area contributed by atoms with Gasteiger partial charge in [-0.3, -0.25) is 9.80 Å². The van der Waals surface area contributed by atoms with Crippen LogP contribution < -0.4 is 19.3 Å². The van der Waals surface area contributed by atoms with Gasteiger partial charge in [-0.1, -0.05) is 12.1 Å².